The normalized spacial score (nSPS) is 22.5. The van der Waals surface area contributed by atoms with Crippen molar-refractivity contribution in [3.8, 4) is 0 Å². The Morgan fingerprint density at radius 1 is 1.53 bits per heavy atom. The van der Waals surface area contributed by atoms with Crippen molar-refractivity contribution in [2.75, 3.05) is 6.54 Å². The van der Waals surface area contributed by atoms with Gasteiger partial charge in [0.2, 0.25) is 0 Å². The Kier molecular flexibility index (Phi) is 6.04. The molecule has 0 aromatic heterocycles. The molecule has 2 rings (SSSR count). The van der Waals surface area contributed by atoms with Crippen LogP contribution in [0, 0.1) is 5.82 Å². The van der Waals surface area contributed by atoms with Crippen LogP contribution in [0.25, 0.3) is 0 Å². The summed E-state index contributed by atoms with van der Waals surface area (Å²) in [5.74, 6) is -1.07. The van der Waals surface area contributed by atoms with Gasteiger partial charge in [-0.05, 0) is 38.4 Å². The van der Waals surface area contributed by atoms with E-state index in [9.17, 15) is 9.18 Å². The second-order valence-corrected chi connectivity index (χ2v) is 4.97. The van der Waals surface area contributed by atoms with Crippen LogP contribution in [-0.2, 0) is 0 Å². The molecule has 1 aromatic carbocycles. The highest BCUT2D eigenvalue weighted by Crippen LogP contribution is 2.18. The van der Waals surface area contributed by atoms with Crippen LogP contribution >= 0.6 is 24.0 Å². The number of piperidine rings is 1. The van der Waals surface area contributed by atoms with Crippen molar-refractivity contribution in [1.29, 1.82) is 0 Å². The highest BCUT2D eigenvalue weighted by atomic mass is 35.5. The van der Waals surface area contributed by atoms with E-state index in [-0.39, 0.29) is 35.1 Å². The molecule has 3 nitrogen and oxygen atoms in total. The molecule has 1 aliphatic rings. The highest BCUT2D eigenvalue weighted by molar-refractivity contribution is 6.31. The van der Waals surface area contributed by atoms with Crippen LogP contribution in [0.3, 0.4) is 0 Å². The summed E-state index contributed by atoms with van der Waals surface area (Å²) in [5.41, 5.74) is 0.000253. The summed E-state index contributed by atoms with van der Waals surface area (Å²) >= 11 is 5.66. The number of hydrogen-bond donors (Lipinski definition) is 2. The van der Waals surface area contributed by atoms with E-state index in [0.717, 1.165) is 19.4 Å². The average Bonchev–Trinajstić information content (AvgIpc) is 2.35. The summed E-state index contributed by atoms with van der Waals surface area (Å²) < 4.78 is 13.7. The number of nitrogens with one attached hydrogen (secondary N) is 2. The molecule has 106 valence electrons. The maximum Gasteiger partial charge on any atom is 0.254 e. The third-order valence-corrected chi connectivity index (χ3v) is 3.57. The molecule has 2 atom stereocenters. The lowest BCUT2D eigenvalue weighted by Gasteiger charge is -2.30. The van der Waals surface area contributed by atoms with Gasteiger partial charge in [-0.3, -0.25) is 4.79 Å². The van der Waals surface area contributed by atoms with Gasteiger partial charge in [-0.2, -0.15) is 0 Å². The molecular weight excluding hydrogens is 290 g/mol. The van der Waals surface area contributed by atoms with Crippen molar-refractivity contribution in [2.45, 2.75) is 31.8 Å². The molecule has 1 saturated heterocycles. The largest absolute Gasteiger partial charge is 0.348 e. The molecule has 0 aliphatic carbocycles. The molecule has 1 amide bonds. The first-order valence-corrected chi connectivity index (χ1v) is 6.45. The summed E-state index contributed by atoms with van der Waals surface area (Å²) in [7, 11) is 0. The summed E-state index contributed by atoms with van der Waals surface area (Å²) in [6.45, 7) is 2.97. The summed E-state index contributed by atoms with van der Waals surface area (Å²) in [6, 6.07) is 4.67. The molecule has 0 saturated carbocycles. The maximum absolute atomic E-state index is 13.7. The topological polar surface area (TPSA) is 41.1 Å². The van der Waals surface area contributed by atoms with Crippen LogP contribution in [0.15, 0.2) is 18.2 Å². The zero-order valence-electron chi connectivity index (χ0n) is 10.6. The van der Waals surface area contributed by atoms with Gasteiger partial charge in [0.15, 0.2) is 5.82 Å². The van der Waals surface area contributed by atoms with Crippen molar-refractivity contribution < 1.29 is 9.18 Å². The van der Waals surface area contributed by atoms with Gasteiger partial charge in [-0.15, -0.1) is 12.4 Å². The zero-order chi connectivity index (χ0) is 13.1. The minimum absolute atomic E-state index is 0. The van der Waals surface area contributed by atoms with E-state index in [4.69, 9.17) is 11.6 Å². The summed E-state index contributed by atoms with van der Waals surface area (Å²) in [6.07, 6.45) is 1.91. The number of rotatable bonds is 2. The molecule has 2 unspecified atom stereocenters. The van der Waals surface area contributed by atoms with Crippen molar-refractivity contribution in [2.24, 2.45) is 0 Å². The summed E-state index contributed by atoms with van der Waals surface area (Å²) in [5, 5.41) is 6.10. The Labute approximate surface area is 123 Å². The van der Waals surface area contributed by atoms with Gasteiger partial charge in [0.1, 0.15) is 0 Å². The van der Waals surface area contributed by atoms with E-state index in [2.05, 4.69) is 10.6 Å². The average molecular weight is 307 g/mol. The minimum Gasteiger partial charge on any atom is -0.348 e. The van der Waals surface area contributed by atoms with Gasteiger partial charge in [0.05, 0.1) is 10.6 Å². The first kappa shape index (κ1) is 16.2. The second-order valence-electron chi connectivity index (χ2n) is 4.57. The van der Waals surface area contributed by atoms with Crippen LogP contribution in [0.2, 0.25) is 5.02 Å². The molecular formula is C13H17Cl2FN2O. The van der Waals surface area contributed by atoms with Crippen LogP contribution in [0.5, 0.6) is 0 Å². The van der Waals surface area contributed by atoms with Crippen LogP contribution in [0.1, 0.15) is 30.1 Å². The van der Waals surface area contributed by atoms with Gasteiger partial charge in [0.25, 0.3) is 5.91 Å². The number of carbonyl (C=O) groups is 1. The van der Waals surface area contributed by atoms with Gasteiger partial charge in [-0.1, -0.05) is 17.7 Å². The van der Waals surface area contributed by atoms with Crippen molar-refractivity contribution >= 4 is 29.9 Å². The fourth-order valence-electron chi connectivity index (χ4n) is 2.17. The Balaban J connectivity index is 0.00000180. The number of halogens is 3. The lowest BCUT2D eigenvalue weighted by molar-refractivity contribution is 0.0915. The zero-order valence-corrected chi connectivity index (χ0v) is 12.2. The van der Waals surface area contributed by atoms with Gasteiger partial charge in [0, 0.05) is 12.1 Å². The number of hydrogen-bond acceptors (Lipinski definition) is 2. The smallest absolute Gasteiger partial charge is 0.254 e. The van der Waals surface area contributed by atoms with Gasteiger partial charge in [-0.25, -0.2) is 4.39 Å². The van der Waals surface area contributed by atoms with Gasteiger partial charge >= 0.3 is 0 Å². The lowest BCUT2D eigenvalue weighted by Crippen LogP contribution is -2.52. The molecule has 0 radical (unpaired) electrons. The maximum atomic E-state index is 13.7. The fraction of sp³-hybridized carbons (Fsp3) is 0.462. The lowest BCUT2D eigenvalue weighted by atomic mass is 9.99. The Morgan fingerprint density at radius 2 is 2.26 bits per heavy atom. The third kappa shape index (κ3) is 3.81. The molecule has 1 aromatic rings. The minimum atomic E-state index is -0.659. The standard InChI is InChI=1S/C13H16ClFN2O.ClH/c1-8-11(6-3-7-16-8)17-13(18)9-4-2-5-10(14)12(9)15;/h2,4-5,8,11,16H,3,6-7H2,1H3,(H,17,18);1H. The van der Waals surface area contributed by atoms with Crippen LogP contribution in [-0.4, -0.2) is 24.5 Å². The quantitative estimate of drug-likeness (QED) is 0.882. The summed E-state index contributed by atoms with van der Waals surface area (Å²) in [4.78, 5) is 12.0. The first-order valence-electron chi connectivity index (χ1n) is 6.08. The Morgan fingerprint density at radius 3 is 2.95 bits per heavy atom. The molecule has 1 heterocycles. The van der Waals surface area contributed by atoms with Crippen LogP contribution < -0.4 is 10.6 Å². The van der Waals surface area contributed by atoms with E-state index in [0.29, 0.717) is 0 Å². The number of amides is 1. The number of carbonyl (C=O) groups excluding carboxylic acids is 1. The number of benzene rings is 1. The Hall–Kier alpha value is -0.840. The SMILES string of the molecule is CC1NCCCC1NC(=O)c1cccc(Cl)c1F.Cl. The van der Waals surface area contributed by atoms with Crippen molar-refractivity contribution in [3.63, 3.8) is 0 Å². The monoisotopic (exact) mass is 306 g/mol. The Bertz CT molecular complexity index is 456. The first-order chi connectivity index (χ1) is 8.59. The predicted molar refractivity (Wildman–Crippen MR) is 76.6 cm³/mol. The molecule has 1 aliphatic heterocycles. The van der Waals surface area contributed by atoms with Gasteiger partial charge < -0.3 is 10.6 Å². The fourth-order valence-corrected chi connectivity index (χ4v) is 2.34. The highest BCUT2D eigenvalue weighted by Gasteiger charge is 2.24. The van der Waals surface area contributed by atoms with Crippen LogP contribution in [0.4, 0.5) is 4.39 Å². The molecule has 2 N–H and O–H groups in total. The van der Waals surface area contributed by atoms with E-state index < -0.39 is 11.7 Å². The van der Waals surface area contributed by atoms with E-state index >= 15 is 0 Å². The van der Waals surface area contributed by atoms with E-state index in [1.54, 1.807) is 6.07 Å². The third-order valence-electron chi connectivity index (χ3n) is 3.27. The molecule has 19 heavy (non-hydrogen) atoms. The molecule has 1 fully saturated rings. The molecule has 0 bridgehead atoms. The molecule has 6 heteroatoms. The molecule has 0 spiro atoms. The van der Waals surface area contributed by atoms with E-state index in [1.165, 1.54) is 12.1 Å². The second kappa shape index (κ2) is 7.08. The van der Waals surface area contributed by atoms with E-state index in [1.807, 2.05) is 6.92 Å². The van der Waals surface area contributed by atoms with Crippen molar-refractivity contribution in [1.82, 2.24) is 10.6 Å². The predicted octanol–water partition coefficient (Wildman–Crippen LogP) is 2.77. The van der Waals surface area contributed by atoms with Crippen molar-refractivity contribution in [3.05, 3.63) is 34.6 Å².